The lowest BCUT2D eigenvalue weighted by atomic mass is 9.72. The highest BCUT2D eigenvalue weighted by Gasteiger charge is 2.41. The normalized spacial score (nSPS) is 28.8. The fourth-order valence-corrected chi connectivity index (χ4v) is 1.21. The van der Waals surface area contributed by atoms with E-state index in [1.807, 2.05) is 6.08 Å². The first kappa shape index (κ1) is 8.75. The van der Waals surface area contributed by atoms with E-state index in [-0.39, 0.29) is 11.0 Å². The molecular weight excluding hydrogens is 138 g/mol. The van der Waals surface area contributed by atoms with Gasteiger partial charge in [-0.15, -0.1) is 0 Å². The molecule has 0 bridgehead atoms. The SMILES string of the molecule is CC1(C)C=CCN(O)C1(C)C. The van der Waals surface area contributed by atoms with E-state index in [0.717, 1.165) is 0 Å². The average molecular weight is 155 g/mol. The Balaban J connectivity index is 2.97. The third kappa shape index (κ3) is 1.21. The Morgan fingerprint density at radius 2 is 1.82 bits per heavy atom. The molecule has 1 aliphatic heterocycles. The lowest BCUT2D eigenvalue weighted by molar-refractivity contribution is -0.187. The molecule has 0 aromatic carbocycles. The van der Waals surface area contributed by atoms with Gasteiger partial charge in [0.05, 0.1) is 0 Å². The van der Waals surface area contributed by atoms with Crippen LogP contribution in [0.25, 0.3) is 0 Å². The van der Waals surface area contributed by atoms with Crippen molar-refractivity contribution in [3.63, 3.8) is 0 Å². The maximum Gasteiger partial charge on any atom is 0.0492 e. The fourth-order valence-electron chi connectivity index (χ4n) is 1.21. The molecule has 2 heteroatoms. The van der Waals surface area contributed by atoms with Crippen LogP contribution in [-0.2, 0) is 0 Å². The van der Waals surface area contributed by atoms with Gasteiger partial charge in [-0.05, 0) is 13.8 Å². The molecule has 1 aliphatic rings. The summed E-state index contributed by atoms with van der Waals surface area (Å²) in [7, 11) is 0. The van der Waals surface area contributed by atoms with Gasteiger partial charge in [0.2, 0.25) is 0 Å². The highest BCUT2D eigenvalue weighted by molar-refractivity contribution is 5.11. The van der Waals surface area contributed by atoms with Crippen LogP contribution in [0.2, 0.25) is 0 Å². The van der Waals surface area contributed by atoms with Crippen LogP contribution >= 0.6 is 0 Å². The number of hydrogen-bond donors (Lipinski definition) is 1. The van der Waals surface area contributed by atoms with Crippen molar-refractivity contribution < 1.29 is 5.21 Å². The second-order valence-electron chi connectivity index (χ2n) is 4.27. The Labute approximate surface area is 68.5 Å². The van der Waals surface area contributed by atoms with Gasteiger partial charge in [0.15, 0.2) is 0 Å². The van der Waals surface area contributed by atoms with Crippen LogP contribution in [0.5, 0.6) is 0 Å². The van der Waals surface area contributed by atoms with Crippen molar-refractivity contribution in [1.29, 1.82) is 0 Å². The fraction of sp³-hybridized carbons (Fsp3) is 0.778. The van der Waals surface area contributed by atoms with Crippen LogP contribution in [0.1, 0.15) is 27.7 Å². The second kappa shape index (κ2) is 2.32. The molecule has 1 heterocycles. The molecule has 0 aliphatic carbocycles. The van der Waals surface area contributed by atoms with Crippen LogP contribution in [0.3, 0.4) is 0 Å². The van der Waals surface area contributed by atoms with Crippen LogP contribution in [0.4, 0.5) is 0 Å². The second-order valence-corrected chi connectivity index (χ2v) is 4.27. The smallest absolute Gasteiger partial charge is 0.0492 e. The molecular formula is C9H17NO. The van der Waals surface area contributed by atoms with Gasteiger partial charge in [0, 0.05) is 17.5 Å². The highest BCUT2D eigenvalue weighted by Crippen LogP contribution is 2.38. The Bertz CT molecular complexity index is 182. The summed E-state index contributed by atoms with van der Waals surface area (Å²) in [5, 5.41) is 11.0. The molecule has 0 aromatic rings. The molecule has 0 unspecified atom stereocenters. The van der Waals surface area contributed by atoms with Crippen molar-refractivity contribution in [2.24, 2.45) is 5.41 Å². The molecule has 1 N–H and O–H groups in total. The Morgan fingerprint density at radius 1 is 1.27 bits per heavy atom. The van der Waals surface area contributed by atoms with Gasteiger partial charge in [-0.25, -0.2) is 0 Å². The van der Waals surface area contributed by atoms with Gasteiger partial charge in [0.25, 0.3) is 0 Å². The molecule has 11 heavy (non-hydrogen) atoms. The molecule has 1 rings (SSSR count). The Hall–Kier alpha value is -0.340. The number of hydrogen-bond acceptors (Lipinski definition) is 2. The summed E-state index contributed by atoms with van der Waals surface area (Å²) < 4.78 is 0. The van der Waals surface area contributed by atoms with Crippen molar-refractivity contribution in [2.75, 3.05) is 6.54 Å². The van der Waals surface area contributed by atoms with Crippen molar-refractivity contribution in [3.8, 4) is 0 Å². The summed E-state index contributed by atoms with van der Waals surface area (Å²) in [5.74, 6) is 0. The maximum absolute atomic E-state index is 9.55. The molecule has 64 valence electrons. The van der Waals surface area contributed by atoms with E-state index in [4.69, 9.17) is 0 Å². The highest BCUT2D eigenvalue weighted by atomic mass is 16.5. The molecule has 0 radical (unpaired) electrons. The molecule has 0 amide bonds. The minimum absolute atomic E-state index is 0.0417. The molecule has 0 saturated carbocycles. The van der Waals surface area contributed by atoms with E-state index < -0.39 is 0 Å². The van der Waals surface area contributed by atoms with Gasteiger partial charge in [-0.1, -0.05) is 26.0 Å². The number of nitrogens with zero attached hydrogens (tertiary/aromatic N) is 1. The van der Waals surface area contributed by atoms with E-state index in [2.05, 4.69) is 33.8 Å². The van der Waals surface area contributed by atoms with E-state index in [0.29, 0.717) is 6.54 Å². The van der Waals surface area contributed by atoms with Crippen molar-refractivity contribution in [2.45, 2.75) is 33.2 Å². The van der Waals surface area contributed by atoms with Gasteiger partial charge in [-0.3, -0.25) is 0 Å². The lowest BCUT2D eigenvalue weighted by Gasteiger charge is -2.47. The summed E-state index contributed by atoms with van der Waals surface area (Å²) >= 11 is 0. The Kier molecular flexibility index (Phi) is 1.85. The first-order valence-electron chi connectivity index (χ1n) is 4.02. The third-order valence-electron chi connectivity index (χ3n) is 3.03. The largest absolute Gasteiger partial charge is 0.313 e. The monoisotopic (exact) mass is 155 g/mol. The average Bonchev–Trinajstić information content (AvgIpc) is 1.84. The quantitative estimate of drug-likeness (QED) is 0.541. The van der Waals surface area contributed by atoms with Crippen LogP contribution in [0.15, 0.2) is 12.2 Å². The summed E-state index contributed by atoms with van der Waals surface area (Å²) in [5.41, 5.74) is -0.123. The van der Waals surface area contributed by atoms with Crippen molar-refractivity contribution in [1.82, 2.24) is 5.06 Å². The molecule has 0 saturated heterocycles. The molecule has 0 spiro atoms. The third-order valence-corrected chi connectivity index (χ3v) is 3.03. The minimum atomic E-state index is -0.165. The van der Waals surface area contributed by atoms with Crippen LogP contribution in [-0.4, -0.2) is 22.4 Å². The van der Waals surface area contributed by atoms with E-state index in [1.54, 1.807) is 0 Å². The summed E-state index contributed by atoms with van der Waals surface area (Å²) in [6, 6.07) is 0. The predicted octanol–water partition coefficient (Wildman–Crippen LogP) is 2.05. The van der Waals surface area contributed by atoms with Gasteiger partial charge >= 0.3 is 0 Å². The standard InChI is InChI=1S/C9H17NO/c1-8(2)6-5-7-10(11)9(8,3)4/h5-6,11H,7H2,1-4H3. The first-order chi connectivity index (χ1) is 4.88. The molecule has 0 fully saturated rings. The zero-order valence-corrected chi connectivity index (χ0v) is 7.76. The molecule has 0 aromatic heterocycles. The van der Waals surface area contributed by atoms with E-state index in [1.165, 1.54) is 5.06 Å². The molecule has 0 atom stereocenters. The summed E-state index contributed by atoms with van der Waals surface area (Å²) in [4.78, 5) is 0. The lowest BCUT2D eigenvalue weighted by Crippen LogP contribution is -2.53. The summed E-state index contributed by atoms with van der Waals surface area (Å²) in [6.07, 6.45) is 4.17. The number of hydroxylamine groups is 2. The van der Waals surface area contributed by atoms with Gasteiger partial charge in [0.1, 0.15) is 0 Å². The van der Waals surface area contributed by atoms with Crippen LogP contribution < -0.4 is 0 Å². The van der Waals surface area contributed by atoms with Gasteiger partial charge in [-0.2, -0.15) is 5.06 Å². The van der Waals surface area contributed by atoms with Gasteiger partial charge < -0.3 is 5.21 Å². The van der Waals surface area contributed by atoms with E-state index >= 15 is 0 Å². The number of rotatable bonds is 0. The zero-order valence-electron chi connectivity index (χ0n) is 7.76. The maximum atomic E-state index is 9.55. The van der Waals surface area contributed by atoms with Crippen molar-refractivity contribution in [3.05, 3.63) is 12.2 Å². The zero-order chi connectivity index (χ0) is 8.70. The summed E-state index contributed by atoms with van der Waals surface area (Å²) in [6.45, 7) is 9.00. The predicted molar refractivity (Wildman–Crippen MR) is 45.5 cm³/mol. The molecule has 2 nitrogen and oxygen atoms in total. The topological polar surface area (TPSA) is 23.5 Å². The minimum Gasteiger partial charge on any atom is -0.313 e. The Morgan fingerprint density at radius 3 is 2.18 bits per heavy atom. The van der Waals surface area contributed by atoms with Crippen molar-refractivity contribution >= 4 is 0 Å². The first-order valence-corrected chi connectivity index (χ1v) is 4.02. The van der Waals surface area contributed by atoms with E-state index in [9.17, 15) is 5.21 Å². The van der Waals surface area contributed by atoms with Crippen LogP contribution in [0, 0.1) is 5.41 Å².